The number of phenolic OH excluding ortho intramolecular Hbond substituents is 2. The van der Waals surface area contributed by atoms with Crippen molar-refractivity contribution < 1.29 is 34.2 Å². The number of nitrogens with one attached hydrogen (secondary N) is 1. The number of hydrogen-bond acceptors (Lipinski definition) is 7. The lowest BCUT2D eigenvalue weighted by molar-refractivity contribution is 0.0687. The third-order valence-electron chi connectivity index (χ3n) is 4.50. The van der Waals surface area contributed by atoms with Crippen LogP contribution < -0.4 is 10.1 Å². The normalized spacial score (nSPS) is 10.8. The molecule has 0 bridgehead atoms. The number of aromatic hydroxyl groups is 2. The van der Waals surface area contributed by atoms with Crippen molar-refractivity contribution in [2.24, 2.45) is 0 Å². The van der Waals surface area contributed by atoms with Crippen LogP contribution in [0.3, 0.4) is 0 Å². The molecule has 3 rings (SSSR count). The molecular weight excluding hydrogens is 392 g/mol. The quantitative estimate of drug-likeness (QED) is 0.478. The average Bonchev–Trinajstić information content (AvgIpc) is 3.11. The summed E-state index contributed by atoms with van der Waals surface area (Å²) >= 11 is 0. The second kappa shape index (κ2) is 8.16. The van der Waals surface area contributed by atoms with Gasteiger partial charge in [0, 0.05) is 11.6 Å². The summed E-state index contributed by atoms with van der Waals surface area (Å²) in [6, 6.07) is 8.78. The van der Waals surface area contributed by atoms with E-state index in [1.807, 2.05) is 13.8 Å². The molecule has 30 heavy (non-hydrogen) atoms. The number of aromatic carboxylic acids is 1. The zero-order chi connectivity index (χ0) is 22.0. The predicted octanol–water partition coefficient (Wildman–Crippen LogP) is 3.84. The van der Waals surface area contributed by atoms with E-state index in [0.717, 1.165) is 6.07 Å². The maximum atomic E-state index is 12.7. The Morgan fingerprint density at radius 3 is 2.33 bits per heavy atom. The van der Waals surface area contributed by atoms with Crippen molar-refractivity contribution in [1.82, 2.24) is 5.16 Å². The Labute approximate surface area is 171 Å². The van der Waals surface area contributed by atoms with E-state index in [1.54, 1.807) is 12.1 Å². The number of ether oxygens (including phenoxy) is 1. The van der Waals surface area contributed by atoms with E-state index in [0.29, 0.717) is 11.3 Å². The van der Waals surface area contributed by atoms with E-state index in [4.69, 9.17) is 9.26 Å². The summed E-state index contributed by atoms with van der Waals surface area (Å²) < 4.78 is 10.2. The van der Waals surface area contributed by atoms with Crippen LogP contribution in [0.1, 0.15) is 46.2 Å². The number of anilines is 1. The first-order valence-electron chi connectivity index (χ1n) is 8.97. The fraction of sp³-hybridized carbons (Fsp3) is 0.190. The average molecular weight is 412 g/mol. The van der Waals surface area contributed by atoms with Gasteiger partial charge in [-0.15, -0.1) is 0 Å². The van der Waals surface area contributed by atoms with Crippen molar-refractivity contribution >= 4 is 17.6 Å². The van der Waals surface area contributed by atoms with Gasteiger partial charge in [-0.05, 0) is 41.8 Å². The molecule has 3 aromatic rings. The topological polar surface area (TPSA) is 142 Å². The fourth-order valence-corrected chi connectivity index (χ4v) is 2.90. The first kappa shape index (κ1) is 20.7. The molecule has 0 atom stereocenters. The summed E-state index contributed by atoms with van der Waals surface area (Å²) in [6.07, 6.45) is 0. The van der Waals surface area contributed by atoms with Crippen LogP contribution in [0.5, 0.6) is 17.2 Å². The molecular formula is C21H20N2O7. The molecule has 0 fully saturated rings. The molecule has 156 valence electrons. The van der Waals surface area contributed by atoms with Crippen LogP contribution in [0.15, 0.2) is 40.9 Å². The minimum absolute atomic E-state index is 0.0848. The van der Waals surface area contributed by atoms with E-state index < -0.39 is 17.6 Å². The molecule has 0 aliphatic heterocycles. The van der Waals surface area contributed by atoms with Crippen molar-refractivity contribution in [3.63, 3.8) is 0 Å². The number of methoxy groups -OCH3 is 1. The van der Waals surface area contributed by atoms with Gasteiger partial charge >= 0.3 is 5.97 Å². The Balaban J connectivity index is 2.07. The highest BCUT2D eigenvalue weighted by molar-refractivity contribution is 6.09. The second-order valence-electron chi connectivity index (χ2n) is 6.81. The van der Waals surface area contributed by atoms with Crippen LogP contribution in [0.2, 0.25) is 0 Å². The Morgan fingerprint density at radius 2 is 1.77 bits per heavy atom. The maximum Gasteiger partial charge on any atom is 0.360 e. The van der Waals surface area contributed by atoms with Gasteiger partial charge in [-0.25, -0.2) is 4.79 Å². The Morgan fingerprint density at radius 1 is 1.10 bits per heavy atom. The minimum atomic E-state index is -1.42. The van der Waals surface area contributed by atoms with Gasteiger partial charge in [-0.1, -0.05) is 19.0 Å². The van der Waals surface area contributed by atoms with Crippen molar-refractivity contribution in [2.45, 2.75) is 19.8 Å². The molecule has 4 N–H and O–H groups in total. The molecule has 0 radical (unpaired) electrons. The number of carbonyl (C=O) groups excluding carboxylic acids is 1. The minimum Gasteiger partial charge on any atom is -0.508 e. The molecule has 0 aliphatic rings. The first-order valence-corrected chi connectivity index (χ1v) is 8.97. The van der Waals surface area contributed by atoms with Crippen LogP contribution in [0.25, 0.3) is 11.3 Å². The summed E-state index contributed by atoms with van der Waals surface area (Å²) in [4.78, 5) is 24.3. The number of benzene rings is 2. The molecule has 1 heterocycles. The number of amides is 1. The number of phenols is 2. The van der Waals surface area contributed by atoms with E-state index in [9.17, 15) is 24.9 Å². The van der Waals surface area contributed by atoms with E-state index in [-0.39, 0.29) is 40.0 Å². The Bertz CT molecular complexity index is 1100. The third-order valence-corrected chi connectivity index (χ3v) is 4.50. The van der Waals surface area contributed by atoms with E-state index in [1.165, 1.54) is 25.3 Å². The van der Waals surface area contributed by atoms with Crippen LogP contribution in [0.4, 0.5) is 5.69 Å². The number of rotatable bonds is 6. The number of nitrogens with zero attached hydrogens (tertiary/aromatic N) is 1. The Kier molecular flexibility index (Phi) is 5.63. The summed E-state index contributed by atoms with van der Waals surface area (Å²) in [5.74, 6) is -2.18. The van der Waals surface area contributed by atoms with Gasteiger partial charge in [0.15, 0.2) is 5.76 Å². The molecule has 0 saturated heterocycles. The SMILES string of the molecule is COc1ccc(C(=O)Nc2c(C(=O)O)noc2-c2cc(C(C)C)c(O)cc2O)cc1. The second-order valence-corrected chi connectivity index (χ2v) is 6.81. The molecule has 0 unspecified atom stereocenters. The standard InChI is InChI=1S/C21H20N2O7/c1-10(2)13-8-14(16(25)9-15(13)24)19-17(18(21(27)28)23-30-19)22-20(26)11-4-6-12(29-3)7-5-11/h4-10,24-25H,1-3H3,(H,22,26)(H,27,28). The largest absolute Gasteiger partial charge is 0.508 e. The van der Waals surface area contributed by atoms with Gasteiger partial charge in [0.05, 0.1) is 12.7 Å². The number of aromatic nitrogens is 1. The summed E-state index contributed by atoms with van der Waals surface area (Å²) in [7, 11) is 1.49. The molecule has 9 nitrogen and oxygen atoms in total. The lowest BCUT2D eigenvalue weighted by atomic mass is 9.97. The molecule has 1 amide bonds. The maximum absolute atomic E-state index is 12.7. The number of carbonyl (C=O) groups is 2. The van der Waals surface area contributed by atoms with E-state index >= 15 is 0 Å². The predicted molar refractivity (Wildman–Crippen MR) is 107 cm³/mol. The zero-order valence-corrected chi connectivity index (χ0v) is 16.5. The van der Waals surface area contributed by atoms with Crippen LogP contribution in [0, 0.1) is 0 Å². The van der Waals surface area contributed by atoms with Crippen molar-refractivity contribution in [2.75, 3.05) is 12.4 Å². The van der Waals surface area contributed by atoms with Gasteiger partial charge in [0.2, 0.25) is 5.69 Å². The molecule has 9 heteroatoms. The van der Waals surface area contributed by atoms with Gasteiger partial charge in [0.1, 0.15) is 22.9 Å². The van der Waals surface area contributed by atoms with E-state index in [2.05, 4.69) is 10.5 Å². The summed E-state index contributed by atoms with van der Waals surface area (Å²) in [5.41, 5.74) is 0.103. The van der Waals surface area contributed by atoms with Crippen molar-refractivity contribution in [3.8, 4) is 28.6 Å². The monoisotopic (exact) mass is 412 g/mol. The van der Waals surface area contributed by atoms with Crippen molar-refractivity contribution in [3.05, 3.63) is 53.2 Å². The lowest BCUT2D eigenvalue weighted by Crippen LogP contribution is -2.14. The van der Waals surface area contributed by atoms with Gasteiger partial charge < -0.3 is 29.9 Å². The van der Waals surface area contributed by atoms with Crippen LogP contribution in [-0.2, 0) is 0 Å². The molecule has 2 aromatic carbocycles. The summed E-state index contributed by atoms with van der Waals surface area (Å²) in [6.45, 7) is 3.68. The zero-order valence-electron chi connectivity index (χ0n) is 16.5. The smallest absolute Gasteiger partial charge is 0.360 e. The van der Waals surface area contributed by atoms with Gasteiger partial charge in [-0.3, -0.25) is 4.79 Å². The first-order chi connectivity index (χ1) is 14.2. The highest BCUT2D eigenvalue weighted by Gasteiger charge is 2.27. The number of carboxylic acids is 1. The van der Waals surface area contributed by atoms with Gasteiger partial charge in [-0.2, -0.15) is 0 Å². The summed E-state index contributed by atoms with van der Waals surface area (Å²) in [5, 5.41) is 35.8. The third kappa shape index (κ3) is 3.90. The van der Waals surface area contributed by atoms with Gasteiger partial charge in [0.25, 0.3) is 5.91 Å². The fourth-order valence-electron chi connectivity index (χ4n) is 2.90. The Hall–Kier alpha value is -4.01. The van der Waals surface area contributed by atoms with Crippen LogP contribution in [-0.4, -0.2) is 39.5 Å². The van der Waals surface area contributed by atoms with Crippen LogP contribution >= 0.6 is 0 Å². The lowest BCUT2D eigenvalue weighted by Gasteiger charge is -2.12. The molecule has 1 aromatic heterocycles. The molecule has 0 spiro atoms. The highest BCUT2D eigenvalue weighted by atomic mass is 16.5. The number of hydrogen-bond donors (Lipinski definition) is 4. The number of carboxylic acid groups (broad SMARTS) is 1. The molecule has 0 aliphatic carbocycles. The van der Waals surface area contributed by atoms with Crippen molar-refractivity contribution in [1.29, 1.82) is 0 Å². The highest BCUT2D eigenvalue weighted by Crippen LogP contribution is 2.41. The molecule has 0 saturated carbocycles.